The lowest BCUT2D eigenvalue weighted by Crippen LogP contribution is -2.16. The predicted octanol–water partition coefficient (Wildman–Crippen LogP) is 3.19. The summed E-state index contributed by atoms with van der Waals surface area (Å²) in [6.07, 6.45) is 0.105. The van der Waals surface area contributed by atoms with Crippen molar-refractivity contribution in [3.05, 3.63) is 65.2 Å². The maximum absolute atomic E-state index is 11.7. The fraction of sp³-hybridized carbons (Fsp3) is 0.222. The maximum atomic E-state index is 11.7. The van der Waals surface area contributed by atoms with Gasteiger partial charge in [0.15, 0.2) is 0 Å². The van der Waals surface area contributed by atoms with Gasteiger partial charge in [0.05, 0.1) is 18.1 Å². The minimum absolute atomic E-state index is 0.105. The first-order chi connectivity index (χ1) is 11.0. The molecule has 2 aromatic carbocycles. The Kier molecular flexibility index (Phi) is 5.36. The van der Waals surface area contributed by atoms with Crippen LogP contribution in [0.1, 0.15) is 34.3 Å². The van der Waals surface area contributed by atoms with Crippen LogP contribution in [0.25, 0.3) is 0 Å². The maximum Gasteiger partial charge on any atom is 0.335 e. The van der Waals surface area contributed by atoms with Crippen LogP contribution in [0.15, 0.2) is 48.5 Å². The molecule has 1 atom stereocenters. The van der Waals surface area contributed by atoms with E-state index in [4.69, 9.17) is 4.74 Å². The Labute approximate surface area is 134 Å². The van der Waals surface area contributed by atoms with Gasteiger partial charge < -0.3 is 14.9 Å². The summed E-state index contributed by atoms with van der Waals surface area (Å²) in [6.45, 7) is 2.34. The molecule has 120 valence electrons. The lowest BCUT2D eigenvalue weighted by molar-refractivity contribution is -0.138. The first-order valence-electron chi connectivity index (χ1n) is 7.29. The molecule has 0 bridgehead atoms. The third-order valence-electron chi connectivity index (χ3n) is 3.54. The summed E-state index contributed by atoms with van der Waals surface area (Å²) in [7, 11) is 0. The predicted molar refractivity (Wildman–Crippen MR) is 85.1 cm³/mol. The Morgan fingerprint density at radius 2 is 1.83 bits per heavy atom. The first-order valence-corrected chi connectivity index (χ1v) is 7.29. The Morgan fingerprint density at radius 1 is 1.09 bits per heavy atom. The highest BCUT2D eigenvalue weighted by Gasteiger charge is 2.23. The SMILES string of the molecule is CCOc1cccc(C(Cc2ccccc2C(=O)O)C(=O)O)c1. The molecule has 0 amide bonds. The van der Waals surface area contributed by atoms with Crippen molar-refractivity contribution in [2.75, 3.05) is 6.61 Å². The molecule has 0 radical (unpaired) electrons. The molecule has 0 saturated carbocycles. The molecule has 0 spiro atoms. The van der Waals surface area contributed by atoms with Crippen LogP contribution in [0, 0.1) is 0 Å². The second-order valence-corrected chi connectivity index (χ2v) is 5.06. The molecule has 5 heteroatoms. The lowest BCUT2D eigenvalue weighted by atomic mass is 9.90. The summed E-state index contributed by atoms with van der Waals surface area (Å²) >= 11 is 0. The molecule has 5 nitrogen and oxygen atoms in total. The molecule has 2 N–H and O–H groups in total. The number of carboxylic acids is 2. The van der Waals surface area contributed by atoms with Gasteiger partial charge in [-0.2, -0.15) is 0 Å². The minimum atomic E-state index is -1.06. The topological polar surface area (TPSA) is 83.8 Å². The zero-order valence-corrected chi connectivity index (χ0v) is 12.7. The van der Waals surface area contributed by atoms with Gasteiger partial charge in [-0.05, 0) is 42.7 Å². The molecule has 2 rings (SSSR count). The van der Waals surface area contributed by atoms with Crippen LogP contribution in [0.4, 0.5) is 0 Å². The van der Waals surface area contributed by atoms with Crippen molar-refractivity contribution in [2.45, 2.75) is 19.3 Å². The number of hydrogen-bond acceptors (Lipinski definition) is 3. The third-order valence-corrected chi connectivity index (χ3v) is 3.54. The van der Waals surface area contributed by atoms with Crippen LogP contribution in [0.2, 0.25) is 0 Å². The molecule has 0 saturated heterocycles. The number of aromatic carboxylic acids is 1. The van der Waals surface area contributed by atoms with Crippen LogP contribution >= 0.6 is 0 Å². The number of hydrogen-bond donors (Lipinski definition) is 2. The van der Waals surface area contributed by atoms with Gasteiger partial charge in [0, 0.05) is 0 Å². The van der Waals surface area contributed by atoms with E-state index in [-0.39, 0.29) is 12.0 Å². The number of carboxylic acid groups (broad SMARTS) is 2. The van der Waals surface area contributed by atoms with E-state index >= 15 is 0 Å². The van der Waals surface area contributed by atoms with Crippen LogP contribution in [0.3, 0.4) is 0 Å². The number of benzene rings is 2. The van der Waals surface area contributed by atoms with Gasteiger partial charge in [-0.15, -0.1) is 0 Å². The van der Waals surface area contributed by atoms with Gasteiger partial charge in [0.1, 0.15) is 5.75 Å². The van der Waals surface area contributed by atoms with Gasteiger partial charge in [0.2, 0.25) is 0 Å². The van der Waals surface area contributed by atoms with Crippen molar-refractivity contribution in [3.8, 4) is 5.75 Å². The van der Waals surface area contributed by atoms with E-state index in [0.29, 0.717) is 23.5 Å². The van der Waals surface area contributed by atoms with E-state index in [1.54, 1.807) is 42.5 Å². The summed E-state index contributed by atoms with van der Waals surface area (Å²) in [6, 6.07) is 13.3. The van der Waals surface area contributed by atoms with E-state index in [1.807, 2.05) is 6.92 Å². The van der Waals surface area contributed by atoms with Gasteiger partial charge in [-0.25, -0.2) is 4.79 Å². The molecule has 0 aliphatic carbocycles. The normalized spacial score (nSPS) is 11.7. The number of ether oxygens (including phenoxy) is 1. The Hall–Kier alpha value is -2.82. The molecule has 1 unspecified atom stereocenters. The molecule has 0 aliphatic rings. The van der Waals surface area contributed by atoms with Crippen molar-refractivity contribution < 1.29 is 24.5 Å². The second kappa shape index (κ2) is 7.45. The highest BCUT2D eigenvalue weighted by molar-refractivity contribution is 5.89. The Balaban J connectivity index is 2.35. The standard InChI is InChI=1S/C18H18O5/c1-2-23-14-8-5-7-12(10-14)16(18(21)22)11-13-6-3-4-9-15(13)17(19)20/h3-10,16H,2,11H2,1H3,(H,19,20)(H,21,22). The second-order valence-electron chi connectivity index (χ2n) is 5.06. The molecule has 0 aromatic heterocycles. The van der Waals surface area contributed by atoms with Crippen molar-refractivity contribution in [1.82, 2.24) is 0 Å². The van der Waals surface area contributed by atoms with Crippen molar-refractivity contribution >= 4 is 11.9 Å². The minimum Gasteiger partial charge on any atom is -0.494 e. The average molecular weight is 314 g/mol. The Bertz CT molecular complexity index is 708. The van der Waals surface area contributed by atoms with Crippen LogP contribution in [-0.4, -0.2) is 28.8 Å². The van der Waals surface area contributed by atoms with Crippen molar-refractivity contribution in [3.63, 3.8) is 0 Å². The van der Waals surface area contributed by atoms with Crippen LogP contribution in [0.5, 0.6) is 5.75 Å². The molecular formula is C18H18O5. The number of rotatable bonds is 7. The highest BCUT2D eigenvalue weighted by atomic mass is 16.5. The summed E-state index contributed by atoms with van der Waals surface area (Å²) in [5.74, 6) is -2.30. The quantitative estimate of drug-likeness (QED) is 0.820. The molecule has 0 fully saturated rings. The third kappa shape index (κ3) is 4.10. The van der Waals surface area contributed by atoms with E-state index in [9.17, 15) is 19.8 Å². The summed E-state index contributed by atoms with van der Waals surface area (Å²) < 4.78 is 5.40. The first kappa shape index (κ1) is 16.5. The molecule has 0 heterocycles. The van der Waals surface area contributed by atoms with Crippen molar-refractivity contribution in [1.29, 1.82) is 0 Å². The monoisotopic (exact) mass is 314 g/mol. The van der Waals surface area contributed by atoms with E-state index in [0.717, 1.165) is 0 Å². The fourth-order valence-electron chi connectivity index (χ4n) is 2.46. The number of aliphatic carboxylic acids is 1. The van der Waals surface area contributed by atoms with E-state index < -0.39 is 17.9 Å². The van der Waals surface area contributed by atoms with Gasteiger partial charge in [-0.3, -0.25) is 4.79 Å². The summed E-state index contributed by atoms with van der Waals surface area (Å²) in [4.78, 5) is 22.9. The summed E-state index contributed by atoms with van der Waals surface area (Å²) in [5, 5.41) is 18.8. The number of carbonyl (C=O) groups is 2. The van der Waals surface area contributed by atoms with E-state index in [2.05, 4.69) is 0 Å². The lowest BCUT2D eigenvalue weighted by Gasteiger charge is -2.15. The largest absolute Gasteiger partial charge is 0.494 e. The van der Waals surface area contributed by atoms with Crippen molar-refractivity contribution in [2.24, 2.45) is 0 Å². The fourth-order valence-corrected chi connectivity index (χ4v) is 2.46. The Morgan fingerprint density at radius 3 is 2.48 bits per heavy atom. The van der Waals surface area contributed by atoms with Gasteiger partial charge in [0.25, 0.3) is 0 Å². The van der Waals surface area contributed by atoms with Crippen LogP contribution < -0.4 is 4.74 Å². The molecule has 23 heavy (non-hydrogen) atoms. The van der Waals surface area contributed by atoms with E-state index in [1.165, 1.54) is 6.07 Å². The summed E-state index contributed by atoms with van der Waals surface area (Å²) in [5.41, 5.74) is 1.21. The zero-order chi connectivity index (χ0) is 16.8. The molecular weight excluding hydrogens is 296 g/mol. The average Bonchev–Trinajstić information content (AvgIpc) is 2.53. The van der Waals surface area contributed by atoms with Gasteiger partial charge in [-0.1, -0.05) is 30.3 Å². The smallest absolute Gasteiger partial charge is 0.335 e. The molecule has 0 aliphatic heterocycles. The van der Waals surface area contributed by atoms with Gasteiger partial charge >= 0.3 is 11.9 Å². The van der Waals surface area contributed by atoms with Crippen LogP contribution in [-0.2, 0) is 11.2 Å². The zero-order valence-electron chi connectivity index (χ0n) is 12.7. The highest BCUT2D eigenvalue weighted by Crippen LogP contribution is 2.26. The molecule has 2 aromatic rings.